The highest BCUT2D eigenvalue weighted by molar-refractivity contribution is 5.91. The average molecular weight is 288 g/mol. The monoisotopic (exact) mass is 288 g/mol. The van der Waals surface area contributed by atoms with Crippen LogP contribution in [0.15, 0.2) is 35.0 Å². The molecule has 0 bridgehead atoms. The second-order valence-electron chi connectivity index (χ2n) is 5.62. The third-order valence-electron chi connectivity index (χ3n) is 4.20. The Morgan fingerprint density at radius 2 is 1.95 bits per heavy atom. The number of carbonyl (C=O) groups is 2. The lowest BCUT2D eigenvalue weighted by Crippen LogP contribution is -2.50. The van der Waals surface area contributed by atoms with Crippen LogP contribution in [-0.4, -0.2) is 47.8 Å². The Labute approximate surface area is 124 Å². The third kappa shape index (κ3) is 3.17. The lowest BCUT2D eigenvalue weighted by Gasteiger charge is -2.34. The molecule has 5 heteroatoms. The Kier molecular flexibility index (Phi) is 4.08. The van der Waals surface area contributed by atoms with Crippen molar-refractivity contribution in [3.8, 4) is 0 Å². The smallest absolute Gasteiger partial charge is 0.289 e. The minimum Gasteiger partial charge on any atom is -0.459 e. The summed E-state index contributed by atoms with van der Waals surface area (Å²) in [5.74, 6) is 0.883. The van der Waals surface area contributed by atoms with Crippen molar-refractivity contribution in [3.05, 3.63) is 36.3 Å². The Bertz CT molecular complexity index is 528. The summed E-state index contributed by atoms with van der Waals surface area (Å²) in [5.41, 5.74) is 0. The molecule has 3 rings (SSSR count). The lowest BCUT2D eigenvalue weighted by atomic mass is 10.0. The maximum Gasteiger partial charge on any atom is 0.289 e. The van der Waals surface area contributed by atoms with Gasteiger partial charge in [-0.3, -0.25) is 9.59 Å². The minimum absolute atomic E-state index is 0.0918. The van der Waals surface area contributed by atoms with E-state index in [0.717, 1.165) is 12.8 Å². The fourth-order valence-electron chi connectivity index (χ4n) is 2.93. The summed E-state index contributed by atoms with van der Waals surface area (Å²) in [6, 6.07) is 3.38. The van der Waals surface area contributed by atoms with E-state index in [0.29, 0.717) is 44.3 Å². The van der Waals surface area contributed by atoms with E-state index in [1.807, 2.05) is 4.90 Å². The largest absolute Gasteiger partial charge is 0.459 e. The van der Waals surface area contributed by atoms with E-state index in [1.54, 1.807) is 17.0 Å². The van der Waals surface area contributed by atoms with Crippen molar-refractivity contribution in [2.24, 2.45) is 5.92 Å². The van der Waals surface area contributed by atoms with Gasteiger partial charge in [0, 0.05) is 32.6 Å². The zero-order valence-corrected chi connectivity index (χ0v) is 12.0. The zero-order chi connectivity index (χ0) is 14.7. The molecular formula is C16H20N2O3. The molecule has 2 heterocycles. The molecule has 2 amide bonds. The van der Waals surface area contributed by atoms with Crippen LogP contribution in [-0.2, 0) is 4.79 Å². The molecule has 1 aliphatic carbocycles. The molecule has 112 valence electrons. The Morgan fingerprint density at radius 1 is 1.19 bits per heavy atom. The molecule has 1 atom stereocenters. The van der Waals surface area contributed by atoms with E-state index in [9.17, 15) is 9.59 Å². The molecule has 5 nitrogen and oxygen atoms in total. The molecule has 1 aromatic rings. The molecule has 2 aliphatic rings. The molecule has 1 saturated heterocycles. The number of piperazine rings is 1. The molecule has 0 saturated carbocycles. The van der Waals surface area contributed by atoms with E-state index in [4.69, 9.17) is 4.42 Å². The van der Waals surface area contributed by atoms with E-state index >= 15 is 0 Å². The quantitative estimate of drug-likeness (QED) is 0.798. The number of rotatable bonds is 3. The van der Waals surface area contributed by atoms with E-state index in [1.165, 1.54) is 6.26 Å². The number of carbonyl (C=O) groups excluding carboxylic acids is 2. The maximum absolute atomic E-state index is 12.2. The highest BCUT2D eigenvalue weighted by atomic mass is 16.3. The predicted octanol–water partition coefficient (Wildman–Crippen LogP) is 1.92. The summed E-state index contributed by atoms with van der Waals surface area (Å²) in [5, 5.41) is 0. The van der Waals surface area contributed by atoms with E-state index in [2.05, 4.69) is 12.2 Å². The molecule has 0 N–H and O–H groups in total. The lowest BCUT2D eigenvalue weighted by molar-refractivity contribution is -0.133. The van der Waals surface area contributed by atoms with Gasteiger partial charge in [-0.25, -0.2) is 0 Å². The predicted molar refractivity (Wildman–Crippen MR) is 77.7 cm³/mol. The summed E-state index contributed by atoms with van der Waals surface area (Å²) in [6.07, 6.45) is 8.57. The second-order valence-corrected chi connectivity index (χ2v) is 5.62. The third-order valence-corrected chi connectivity index (χ3v) is 4.20. The van der Waals surface area contributed by atoms with Gasteiger partial charge in [0.2, 0.25) is 5.91 Å². The summed E-state index contributed by atoms with van der Waals surface area (Å²) < 4.78 is 5.13. The van der Waals surface area contributed by atoms with Crippen LogP contribution in [0.25, 0.3) is 0 Å². The fourth-order valence-corrected chi connectivity index (χ4v) is 2.93. The molecule has 1 fully saturated rings. The van der Waals surface area contributed by atoms with Gasteiger partial charge < -0.3 is 14.2 Å². The van der Waals surface area contributed by atoms with Gasteiger partial charge >= 0.3 is 0 Å². The van der Waals surface area contributed by atoms with Gasteiger partial charge in [0.25, 0.3) is 5.91 Å². The Balaban J connectivity index is 1.49. The molecule has 21 heavy (non-hydrogen) atoms. The van der Waals surface area contributed by atoms with Crippen molar-refractivity contribution in [3.63, 3.8) is 0 Å². The number of furan rings is 1. The van der Waals surface area contributed by atoms with Crippen LogP contribution in [0.5, 0.6) is 0 Å². The summed E-state index contributed by atoms with van der Waals surface area (Å²) >= 11 is 0. The van der Waals surface area contributed by atoms with Gasteiger partial charge in [-0.05, 0) is 30.9 Å². The van der Waals surface area contributed by atoms with Crippen molar-refractivity contribution in [2.75, 3.05) is 26.2 Å². The number of nitrogens with zero attached hydrogens (tertiary/aromatic N) is 2. The van der Waals surface area contributed by atoms with Gasteiger partial charge in [0.05, 0.1) is 6.26 Å². The van der Waals surface area contributed by atoms with Crippen molar-refractivity contribution < 1.29 is 14.0 Å². The van der Waals surface area contributed by atoms with Crippen LogP contribution in [0.4, 0.5) is 0 Å². The van der Waals surface area contributed by atoms with Crippen LogP contribution in [0.2, 0.25) is 0 Å². The second kappa shape index (κ2) is 6.16. The highest BCUT2D eigenvalue weighted by Gasteiger charge is 2.27. The van der Waals surface area contributed by atoms with E-state index in [-0.39, 0.29) is 11.8 Å². The molecule has 1 unspecified atom stereocenters. The number of allylic oxidation sites excluding steroid dienone is 2. The number of hydrogen-bond donors (Lipinski definition) is 0. The summed E-state index contributed by atoms with van der Waals surface area (Å²) in [4.78, 5) is 28.0. The average Bonchev–Trinajstić information content (AvgIpc) is 3.20. The summed E-state index contributed by atoms with van der Waals surface area (Å²) in [7, 11) is 0. The van der Waals surface area contributed by atoms with Crippen molar-refractivity contribution >= 4 is 11.8 Å². The summed E-state index contributed by atoms with van der Waals surface area (Å²) in [6.45, 7) is 2.38. The first-order chi connectivity index (χ1) is 10.2. The van der Waals surface area contributed by atoms with E-state index < -0.39 is 0 Å². The van der Waals surface area contributed by atoms with Gasteiger partial charge in [0.1, 0.15) is 0 Å². The molecule has 0 radical (unpaired) electrons. The molecule has 0 spiro atoms. The normalized spacial score (nSPS) is 21.8. The minimum atomic E-state index is -0.0918. The first-order valence-corrected chi connectivity index (χ1v) is 7.51. The Morgan fingerprint density at radius 3 is 2.57 bits per heavy atom. The van der Waals surface area contributed by atoms with Crippen LogP contribution >= 0.6 is 0 Å². The molecule has 1 aromatic heterocycles. The van der Waals surface area contributed by atoms with Crippen molar-refractivity contribution in [1.82, 2.24) is 9.80 Å². The SMILES string of the molecule is O=C(CC1C=CCC1)N1CCN(C(=O)c2ccco2)CC1. The van der Waals surface area contributed by atoms with Crippen molar-refractivity contribution in [2.45, 2.75) is 19.3 Å². The number of amides is 2. The molecule has 0 aromatic carbocycles. The maximum atomic E-state index is 12.2. The molecule has 1 aliphatic heterocycles. The van der Waals surface area contributed by atoms with Gasteiger partial charge in [0.15, 0.2) is 5.76 Å². The highest BCUT2D eigenvalue weighted by Crippen LogP contribution is 2.21. The van der Waals surface area contributed by atoms with Crippen LogP contribution in [0.3, 0.4) is 0 Å². The first-order valence-electron chi connectivity index (χ1n) is 7.51. The first kappa shape index (κ1) is 13.9. The molecular weight excluding hydrogens is 268 g/mol. The topological polar surface area (TPSA) is 53.8 Å². The van der Waals surface area contributed by atoms with Crippen LogP contribution in [0, 0.1) is 5.92 Å². The fraction of sp³-hybridized carbons (Fsp3) is 0.500. The van der Waals surface area contributed by atoms with Crippen LogP contribution < -0.4 is 0 Å². The van der Waals surface area contributed by atoms with Crippen LogP contribution in [0.1, 0.15) is 29.8 Å². The van der Waals surface area contributed by atoms with Gasteiger partial charge in [-0.15, -0.1) is 0 Å². The number of hydrogen-bond acceptors (Lipinski definition) is 3. The van der Waals surface area contributed by atoms with Crippen molar-refractivity contribution in [1.29, 1.82) is 0 Å². The van der Waals surface area contributed by atoms with Gasteiger partial charge in [-0.2, -0.15) is 0 Å². The standard InChI is InChI=1S/C16H20N2O3/c19-15(12-13-4-1-2-5-13)17-7-9-18(10-8-17)16(20)14-6-3-11-21-14/h1,3-4,6,11,13H,2,5,7-10,12H2. The van der Waals surface area contributed by atoms with Gasteiger partial charge in [-0.1, -0.05) is 12.2 Å². The Hall–Kier alpha value is -2.04. The zero-order valence-electron chi connectivity index (χ0n) is 12.0.